The molecule has 0 saturated heterocycles. The summed E-state index contributed by atoms with van der Waals surface area (Å²) in [5, 5.41) is 0.425. The zero-order valence-corrected chi connectivity index (χ0v) is 17.8. The molecule has 6 nitrogen and oxygen atoms in total. The summed E-state index contributed by atoms with van der Waals surface area (Å²) >= 11 is 2.86. The van der Waals surface area contributed by atoms with Crippen LogP contribution in [0.3, 0.4) is 0 Å². The van der Waals surface area contributed by atoms with E-state index in [0.29, 0.717) is 26.5 Å². The first-order valence-electron chi connectivity index (χ1n) is 8.90. The smallest absolute Gasteiger partial charge is 0.348 e. The molecule has 0 spiro atoms. The second-order valence-corrected chi connectivity index (χ2v) is 8.50. The molecule has 0 aliphatic rings. The molecule has 0 aliphatic carbocycles. The van der Waals surface area contributed by atoms with Crippen molar-refractivity contribution in [2.75, 3.05) is 13.7 Å². The first-order valence-corrected chi connectivity index (χ1v) is 10.8. The van der Waals surface area contributed by atoms with Gasteiger partial charge in [-0.05, 0) is 32.4 Å². The van der Waals surface area contributed by atoms with Crippen molar-refractivity contribution in [3.05, 3.63) is 56.4 Å². The number of hydrogen-bond donors (Lipinski definition) is 1. The molecule has 0 radical (unpaired) electrons. The molecule has 1 aromatic carbocycles. The number of hydrogen-bond acceptors (Lipinski definition) is 7. The van der Waals surface area contributed by atoms with E-state index in [-0.39, 0.29) is 17.4 Å². The number of benzene rings is 1. The first-order chi connectivity index (χ1) is 13.5. The van der Waals surface area contributed by atoms with Crippen molar-refractivity contribution in [3.63, 3.8) is 0 Å². The van der Waals surface area contributed by atoms with Crippen LogP contribution in [0, 0.1) is 6.92 Å². The Hall–Kier alpha value is -2.32. The van der Waals surface area contributed by atoms with Crippen LogP contribution in [0.4, 0.5) is 0 Å². The SMILES string of the molecule is CCOC(=O)c1sc2nc([C@@H](C)SCc3ccccc3OC)[nH]c(=O)c2c1C. The third kappa shape index (κ3) is 4.07. The highest BCUT2D eigenvalue weighted by Gasteiger charge is 2.21. The highest BCUT2D eigenvalue weighted by molar-refractivity contribution is 7.98. The number of nitrogens with one attached hydrogen (secondary N) is 1. The lowest BCUT2D eigenvalue weighted by atomic mass is 10.2. The molecule has 2 aromatic heterocycles. The summed E-state index contributed by atoms with van der Waals surface area (Å²) in [5.41, 5.74) is 1.48. The van der Waals surface area contributed by atoms with E-state index < -0.39 is 5.97 Å². The molecule has 148 valence electrons. The van der Waals surface area contributed by atoms with Gasteiger partial charge in [0.15, 0.2) is 0 Å². The van der Waals surface area contributed by atoms with E-state index in [1.54, 1.807) is 32.7 Å². The van der Waals surface area contributed by atoms with Crippen molar-refractivity contribution in [2.45, 2.75) is 31.8 Å². The van der Waals surface area contributed by atoms with Crippen molar-refractivity contribution in [3.8, 4) is 5.75 Å². The Labute approximate surface area is 171 Å². The number of nitrogens with zero attached hydrogens (tertiary/aromatic N) is 1. The number of aryl methyl sites for hydroxylation is 1. The van der Waals surface area contributed by atoms with Gasteiger partial charge in [0.2, 0.25) is 0 Å². The van der Waals surface area contributed by atoms with Crippen molar-refractivity contribution >= 4 is 39.3 Å². The largest absolute Gasteiger partial charge is 0.496 e. The third-order valence-electron chi connectivity index (χ3n) is 4.35. The number of H-pyrrole nitrogens is 1. The molecule has 0 unspecified atom stereocenters. The number of fused-ring (bicyclic) bond motifs is 1. The zero-order chi connectivity index (χ0) is 20.3. The maximum atomic E-state index is 12.6. The number of esters is 1. The number of methoxy groups -OCH3 is 1. The number of thioether (sulfide) groups is 1. The highest BCUT2D eigenvalue weighted by Crippen LogP contribution is 2.33. The van der Waals surface area contributed by atoms with Crippen LogP contribution < -0.4 is 10.3 Å². The number of para-hydroxylation sites is 1. The first kappa shape index (κ1) is 20.4. The fourth-order valence-electron chi connectivity index (χ4n) is 2.86. The van der Waals surface area contributed by atoms with Gasteiger partial charge >= 0.3 is 5.97 Å². The normalized spacial score (nSPS) is 12.1. The minimum Gasteiger partial charge on any atom is -0.496 e. The van der Waals surface area contributed by atoms with Gasteiger partial charge in [-0.15, -0.1) is 23.1 Å². The average molecular weight is 419 g/mol. The van der Waals surface area contributed by atoms with Gasteiger partial charge in [-0.1, -0.05) is 18.2 Å². The maximum Gasteiger partial charge on any atom is 0.348 e. The molecule has 28 heavy (non-hydrogen) atoms. The number of carbonyl (C=O) groups is 1. The van der Waals surface area contributed by atoms with Crippen LogP contribution in [0.2, 0.25) is 0 Å². The summed E-state index contributed by atoms with van der Waals surface area (Å²) in [4.78, 5) is 33.2. The van der Waals surface area contributed by atoms with Gasteiger partial charge in [-0.25, -0.2) is 9.78 Å². The van der Waals surface area contributed by atoms with E-state index in [0.717, 1.165) is 17.1 Å². The van der Waals surface area contributed by atoms with E-state index in [9.17, 15) is 9.59 Å². The molecule has 0 amide bonds. The Kier molecular flexibility index (Phi) is 6.41. The Morgan fingerprint density at radius 1 is 1.36 bits per heavy atom. The van der Waals surface area contributed by atoms with Crippen LogP contribution in [0.1, 0.15) is 45.7 Å². The van der Waals surface area contributed by atoms with Crippen molar-refractivity contribution < 1.29 is 14.3 Å². The number of aromatic nitrogens is 2. The molecule has 0 fully saturated rings. The lowest BCUT2D eigenvalue weighted by molar-refractivity contribution is 0.0531. The van der Waals surface area contributed by atoms with Gasteiger partial charge in [-0.2, -0.15) is 0 Å². The number of rotatable bonds is 7. The fourth-order valence-corrected chi connectivity index (χ4v) is 4.88. The minimum absolute atomic E-state index is 0.0320. The Balaban J connectivity index is 1.87. The van der Waals surface area contributed by atoms with Crippen LogP contribution in [0.15, 0.2) is 29.1 Å². The van der Waals surface area contributed by atoms with Gasteiger partial charge in [0, 0.05) is 11.3 Å². The summed E-state index contributed by atoms with van der Waals surface area (Å²) in [6, 6.07) is 7.86. The van der Waals surface area contributed by atoms with Crippen LogP contribution in [0.25, 0.3) is 10.2 Å². The van der Waals surface area contributed by atoms with Gasteiger partial charge in [0.25, 0.3) is 5.56 Å². The predicted octanol–water partition coefficient (Wildman–Crippen LogP) is 4.47. The lowest BCUT2D eigenvalue weighted by Gasteiger charge is -2.12. The highest BCUT2D eigenvalue weighted by atomic mass is 32.2. The molecule has 3 aromatic rings. The molecule has 1 N–H and O–H groups in total. The number of carbonyl (C=O) groups excluding carboxylic acids is 1. The average Bonchev–Trinajstić information content (AvgIpc) is 3.03. The third-order valence-corrected chi connectivity index (χ3v) is 6.71. The Morgan fingerprint density at radius 3 is 2.82 bits per heavy atom. The van der Waals surface area contributed by atoms with E-state index in [4.69, 9.17) is 9.47 Å². The fraction of sp³-hybridized carbons (Fsp3) is 0.350. The number of ether oxygens (including phenoxy) is 2. The van der Waals surface area contributed by atoms with Gasteiger partial charge < -0.3 is 14.5 Å². The summed E-state index contributed by atoms with van der Waals surface area (Å²) < 4.78 is 10.5. The molecule has 0 bridgehead atoms. The standard InChI is InChI=1S/C20H22N2O4S2/c1-5-26-20(24)16-11(2)15-18(23)21-17(22-19(15)28-16)12(3)27-10-13-8-6-7-9-14(13)25-4/h6-9,12H,5,10H2,1-4H3,(H,21,22,23)/t12-/m1/s1. The van der Waals surface area contributed by atoms with E-state index in [1.165, 1.54) is 11.3 Å². The molecule has 0 aliphatic heterocycles. The second kappa shape index (κ2) is 8.79. The Bertz CT molecular complexity index is 1060. The quantitative estimate of drug-likeness (QED) is 0.570. The predicted molar refractivity (Wildman–Crippen MR) is 114 cm³/mol. The minimum atomic E-state index is -0.414. The second-order valence-electron chi connectivity index (χ2n) is 6.17. The molecular formula is C20H22N2O4S2. The zero-order valence-electron chi connectivity index (χ0n) is 16.2. The number of thiophene rings is 1. The number of aromatic amines is 1. The monoisotopic (exact) mass is 418 g/mol. The molecule has 0 saturated carbocycles. The van der Waals surface area contributed by atoms with E-state index in [2.05, 4.69) is 9.97 Å². The molecular weight excluding hydrogens is 396 g/mol. The maximum absolute atomic E-state index is 12.6. The van der Waals surface area contributed by atoms with Crippen molar-refractivity contribution in [2.24, 2.45) is 0 Å². The Morgan fingerprint density at radius 2 is 2.11 bits per heavy atom. The lowest BCUT2D eigenvalue weighted by Crippen LogP contribution is -2.13. The van der Waals surface area contributed by atoms with Gasteiger partial charge in [0.05, 0.1) is 24.4 Å². The molecule has 2 heterocycles. The molecule has 3 rings (SSSR count). The topological polar surface area (TPSA) is 81.3 Å². The van der Waals surface area contributed by atoms with E-state index >= 15 is 0 Å². The summed E-state index contributed by atoms with van der Waals surface area (Å²) in [7, 11) is 1.65. The van der Waals surface area contributed by atoms with Crippen molar-refractivity contribution in [1.82, 2.24) is 9.97 Å². The van der Waals surface area contributed by atoms with Crippen LogP contribution in [0.5, 0.6) is 5.75 Å². The molecule has 1 atom stereocenters. The summed E-state index contributed by atoms with van der Waals surface area (Å²) in [6.45, 7) is 5.79. The van der Waals surface area contributed by atoms with Crippen LogP contribution in [-0.4, -0.2) is 29.7 Å². The van der Waals surface area contributed by atoms with Crippen LogP contribution in [-0.2, 0) is 10.5 Å². The van der Waals surface area contributed by atoms with Gasteiger partial charge in [-0.3, -0.25) is 4.79 Å². The molecule has 8 heteroatoms. The van der Waals surface area contributed by atoms with E-state index in [1.807, 2.05) is 31.2 Å². The van der Waals surface area contributed by atoms with Crippen molar-refractivity contribution in [1.29, 1.82) is 0 Å². The summed E-state index contributed by atoms with van der Waals surface area (Å²) in [6.07, 6.45) is 0. The summed E-state index contributed by atoms with van der Waals surface area (Å²) in [5.74, 6) is 1.74. The van der Waals surface area contributed by atoms with Crippen LogP contribution >= 0.6 is 23.1 Å². The van der Waals surface area contributed by atoms with Gasteiger partial charge in [0.1, 0.15) is 21.3 Å².